The Morgan fingerprint density at radius 2 is 1.94 bits per heavy atom. The first-order valence-corrected chi connectivity index (χ1v) is 11.6. The lowest BCUT2D eigenvalue weighted by molar-refractivity contribution is -0.120. The van der Waals surface area contributed by atoms with Gasteiger partial charge in [0.05, 0.1) is 5.69 Å². The fraction of sp³-hybridized carbons (Fsp3) is 0.333. The number of hydrogen-bond acceptors (Lipinski definition) is 6. The van der Waals surface area contributed by atoms with Crippen molar-refractivity contribution in [2.24, 2.45) is 5.92 Å². The van der Waals surface area contributed by atoms with Crippen LogP contribution in [0.2, 0.25) is 0 Å². The van der Waals surface area contributed by atoms with E-state index in [-0.39, 0.29) is 18.1 Å². The quantitative estimate of drug-likeness (QED) is 0.472. The van der Waals surface area contributed by atoms with Crippen LogP contribution >= 0.6 is 11.8 Å². The van der Waals surface area contributed by atoms with Gasteiger partial charge in [0.1, 0.15) is 5.82 Å². The van der Waals surface area contributed by atoms with Crippen LogP contribution < -0.4 is 9.64 Å². The summed E-state index contributed by atoms with van der Waals surface area (Å²) in [6.45, 7) is 8.02. The molecule has 1 amide bonds. The highest BCUT2D eigenvalue weighted by atomic mass is 32.2. The summed E-state index contributed by atoms with van der Waals surface area (Å²) in [4.78, 5) is 19.4. The first-order valence-electron chi connectivity index (χ1n) is 10.6. The van der Waals surface area contributed by atoms with Gasteiger partial charge in [-0.25, -0.2) is 4.39 Å². The molecule has 0 fully saturated rings. The highest BCUT2D eigenvalue weighted by Crippen LogP contribution is 2.44. The molecule has 0 N–H and O–H groups in total. The number of aryl methyl sites for hydroxylation is 1. The SMILES string of the molecule is CCC(=O)N1c2ccc(C)cc2-c2nnc(SCC(C)C)nc2O[C@H]1c1ccc(F)cc1. The van der Waals surface area contributed by atoms with Crippen molar-refractivity contribution in [3.05, 3.63) is 59.4 Å². The van der Waals surface area contributed by atoms with Crippen molar-refractivity contribution in [1.29, 1.82) is 0 Å². The van der Waals surface area contributed by atoms with Crippen molar-refractivity contribution in [3.63, 3.8) is 0 Å². The zero-order chi connectivity index (χ0) is 22.8. The number of ether oxygens (including phenoxy) is 1. The molecule has 0 radical (unpaired) electrons. The van der Waals surface area contributed by atoms with Crippen molar-refractivity contribution >= 4 is 23.4 Å². The van der Waals surface area contributed by atoms with Crippen LogP contribution in [-0.2, 0) is 4.79 Å². The molecule has 32 heavy (non-hydrogen) atoms. The summed E-state index contributed by atoms with van der Waals surface area (Å²) in [5, 5.41) is 9.26. The van der Waals surface area contributed by atoms with Crippen LogP contribution in [0.1, 0.15) is 44.5 Å². The van der Waals surface area contributed by atoms with Crippen molar-refractivity contribution in [2.75, 3.05) is 10.7 Å². The van der Waals surface area contributed by atoms with E-state index in [0.717, 1.165) is 16.9 Å². The average molecular weight is 453 g/mol. The molecule has 0 spiro atoms. The van der Waals surface area contributed by atoms with Gasteiger partial charge in [-0.2, -0.15) is 4.98 Å². The molecule has 2 heterocycles. The largest absolute Gasteiger partial charge is 0.447 e. The summed E-state index contributed by atoms with van der Waals surface area (Å²) < 4.78 is 20.0. The van der Waals surface area contributed by atoms with Gasteiger partial charge in [0.2, 0.25) is 23.2 Å². The smallest absolute Gasteiger partial charge is 0.247 e. The van der Waals surface area contributed by atoms with Gasteiger partial charge < -0.3 is 4.74 Å². The van der Waals surface area contributed by atoms with E-state index >= 15 is 0 Å². The second-order valence-corrected chi connectivity index (χ2v) is 9.10. The third-order valence-corrected chi connectivity index (χ3v) is 6.30. The highest BCUT2D eigenvalue weighted by Gasteiger charge is 2.35. The minimum absolute atomic E-state index is 0.125. The number of rotatable bonds is 5. The molecular formula is C24H25FN4O2S. The van der Waals surface area contributed by atoms with Crippen molar-refractivity contribution in [3.8, 4) is 17.1 Å². The van der Waals surface area contributed by atoms with Crippen LogP contribution in [0.3, 0.4) is 0 Å². The normalized spacial score (nSPS) is 15.1. The number of nitrogens with zero attached hydrogens (tertiary/aromatic N) is 4. The molecule has 0 bridgehead atoms. The zero-order valence-corrected chi connectivity index (χ0v) is 19.3. The lowest BCUT2D eigenvalue weighted by atomic mass is 10.0. The number of fused-ring (bicyclic) bond motifs is 3. The Kier molecular flexibility index (Phi) is 6.41. The van der Waals surface area contributed by atoms with E-state index in [1.165, 1.54) is 23.9 Å². The fourth-order valence-electron chi connectivity index (χ4n) is 3.47. The van der Waals surface area contributed by atoms with Gasteiger partial charge in [0.15, 0.2) is 5.69 Å². The Labute approximate surface area is 191 Å². The number of thioether (sulfide) groups is 1. The van der Waals surface area contributed by atoms with E-state index in [1.54, 1.807) is 24.0 Å². The molecule has 166 valence electrons. The summed E-state index contributed by atoms with van der Waals surface area (Å²) >= 11 is 1.51. The number of hydrogen-bond donors (Lipinski definition) is 0. The van der Waals surface area contributed by atoms with Crippen molar-refractivity contribution in [2.45, 2.75) is 45.5 Å². The minimum Gasteiger partial charge on any atom is -0.447 e. The van der Waals surface area contributed by atoms with E-state index in [9.17, 15) is 9.18 Å². The number of anilines is 1. The van der Waals surface area contributed by atoms with Gasteiger partial charge in [0.25, 0.3) is 0 Å². The first-order chi connectivity index (χ1) is 15.4. The first kappa shape index (κ1) is 22.2. The number of carbonyl (C=O) groups excluding carboxylic acids is 1. The lowest BCUT2D eigenvalue weighted by Gasteiger charge is -2.30. The maximum atomic E-state index is 13.6. The van der Waals surface area contributed by atoms with Gasteiger partial charge >= 0.3 is 0 Å². The van der Waals surface area contributed by atoms with Gasteiger partial charge in [-0.05, 0) is 37.1 Å². The number of carbonyl (C=O) groups is 1. The summed E-state index contributed by atoms with van der Waals surface area (Å²) in [5.74, 6) is 1.14. The number of halogens is 1. The average Bonchev–Trinajstić information content (AvgIpc) is 2.91. The molecule has 8 heteroatoms. The fourth-order valence-corrected chi connectivity index (χ4v) is 4.19. The van der Waals surface area contributed by atoms with Gasteiger partial charge in [-0.3, -0.25) is 9.69 Å². The Bertz CT molecular complexity index is 1140. The third kappa shape index (κ3) is 4.46. The molecule has 1 aliphatic rings. The van der Waals surface area contributed by atoms with Crippen LogP contribution in [0.25, 0.3) is 11.3 Å². The Hall–Kier alpha value is -3.00. The molecule has 2 aromatic carbocycles. The summed E-state index contributed by atoms with van der Waals surface area (Å²) in [5.41, 5.74) is 3.53. The number of benzene rings is 2. The molecule has 1 aromatic heterocycles. The van der Waals surface area contributed by atoms with Crippen LogP contribution in [0.4, 0.5) is 10.1 Å². The summed E-state index contributed by atoms with van der Waals surface area (Å²) in [6, 6.07) is 11.7. The van der Waals surface area contributed by atoms with Crippen LogP contribution in [0, 0.1) is 18.7 Å². The lowest BCUT2D eigenvalue weighted by Crippen LogP contribution is -2.37. The number of amides is 1. The van der Waals surface area contributed by atoms with Crippen LogP contribution in [0.5, 0.6) is 5.88 Å². The molecule has 0 saturated heterocycles. The monoisotopic (exact) mass is 452 g/mol. The van der Waals surface area contributed by atoms with Gasteiger partial charge in [-0.15, -0.1) is 10.2 Å². The Balaban J connectivity index is 1.90. The van der Waals surface area contributed by atoms with Gasteiger partial charge in [-0.1, -0.05) is 56.3 Å². The highest BCUT2D eigenvalue weighted by molar-refractivity contribution is 7.99. The number of aromatic nitrogens is 3. The predicted octanol–water partition coefficient (Wildman–Crippen LogP) is 5.57. The second-order valence-electron chi connectivity index (χ2n) is 8.11. The summed E-state index contributed by atoms with van der Waals surface area (Å²) in [6.07, 6.45) is -0.537. The third-order valence-electron chi connectivity index (χ3n) is 5.03. The standard InChI is InChI=1S/C24H25FN4O2S/c1-5-20(30)29-19-11-6-15(4)12-18(19)21-22(26-24(28-27-21)32-13-14(2)3)31-23(29)16-7-9-17(25)10-8-16/h6-12,14,23H,5,13H2,1-4H3/t23-/m0/s1. The Morgan fingerprint density at radius 1 is 1.19 bits per heavy atom. The molecule has 1 aliphatic heterocycles. The molecule has 6 nitrogen and oxygen atoms in total. The molecule has 0 saturated carbocycles. The van der Waals surface area contributed by atoms with E-state index in [4.69, 9.17) is 4.74 Å². The van der Waals surface area contributed by atoms with Gasteiger partial charge in [0, 0.05) is 23.3 Å². The van der Waals surface area contributed by atoms with E-state index in [1.807, 2.05) is 25.1 Å². The van der Waals surface area contributed by atoms with E-state index in [2.05, 4.69) is 29.0 Å². The minimum atomic E-state index is -0.814. The van der Waals surface area contributed by atoms with Crippen molar-refractivity contribution < 1.29 is 13.9 Å². The summed E-state index contributed by atoms with van der Waals surface area (Å²) in [7, 11) is 0. The molecule has 3 aromatic rings. The predicted molar refractivity (Wildman–Crippen MR) is 123 cm³/mol. The van der Waals surface area contributed by atoms with E-state index in [0.29, 0.717) is 33.9 Å². The van der Waals surface area contributed by atoms with Crippen LogP contribution in [0.15, 0.2) is 47.6 Å². The molecule has 1 atom stereocenters. The molecule has 0 aliphatic carbocycles. The topological polar surface area (TPSA) is 68.2 Å². The van der Waals surface area contributed by atoms with Crippen LogP contribution in [-0.4, -0.2) is 26.8 Å². The molecular weight excluding hydrogens is 427 g/mol. The molecule has 0 unspecified atom stereocenters. The Morgan fingerprint density at radius 3 is 2.62 bits per heavy atom. The maximum Gasteiger partial charge on any atom is 0.247 e. The molecule has 4 rings (SSSR count). The second kappa shape index (κ2) is 9.24. The zero-order valence-electron chi connectivity index (χ0n) is 18.5. The van der Waals surface area contributed by atoms with E-state index < -0.39 is 6.23 Å². The van der Waals surface area contributed by atoms with Crippen molar-refractivity contribution in [1.82, 2.24) is 15.2 Å². The maximum absolute atomic E-state index is 13.6.